The summed E-state index contributed by atoms with van der Waals surface area (Å²) in [6.07, 6.45) is 0. The zero-order chi connectivity index (χ0) is 10.3. The smallest absolute Gasteiger partial charge is 0.386 e. The van der Waals surface area contributed by atoms with Crippen LogP contribution in [0.25, 0.3) is 0 Å². The van der Waals surface area contributed by atoms with Crippen molar-refractivity contribution < 1.29 is 8.85 Å². The average Bonchev–Trinajstić information content (AvgIpc) is 2.01. The molecule has 1 unspecified atom stereocenters. The fourth-order valence-electron chi connectivity index (χ4n) is 2.12. The van der Waals surface area contributed by atoms with Crippen molar-refractivity contribution in [1.29, 1.82) is 0 Å². The molecule has 1 fully saturated rings. The summed E-state index contributed by atoms with van der Waals surface area (Å²) in [6.45, 7) is 9.93. The van der Waals surface area contributed by atoms with Crippen molar-refractivity contribution in [2.75, 3.05) is 20.8 Å². The van der Waals surface area contributed by atoms with Gasteiger partial charge in [0.05, 0.1) is 0 Å². The van der Waals surface area contributed by atoms with E-state index in [2.05, 4.69) is 32.3 Å². The molecule has 0 aliphatic carbocycles. The van der Waals surface area contributed by atoms with Gasteiger partial charge in [0.2, 0.25) is 0 Å². The van der Waals surface area contributed by atoms with E-state index >= 15 is 0 Å². The van der Waals surface area contributed by atoms with E-state index in [1.807, 2.05) is 0 Å². The first kappa shape index (κ1) is 11.2. The largest absolute Gasteiger partial charge is 0.431 e. The lowest BCUT2D eigenvalue weighted by Gasteiger charge is -2.57. The van der Waals surface area contributed by atoms with Gasteiger partial charge >= 0.3 is 8.72 Å². The first-order valence-corrected chi connectivity index (χ1v) is 6.60. The van der Waals surface area contributed by atoms with E-state index in [0.717, 1.165) is 6.54 Å². The predicted molar refractivity (Wildman–Crippen MR) is 55.7 cm³/mol. The second-order valence-corrected chi connectivity index (χ2v) is 8.32. The van der Waals surface area contributed by atoms with Crippen LogP contribution in [0, 0.1) is 0 Å². The topological polar surface area (TPSA) is 21.7 Å². The van der Waals surface area contributed by atoms with Gasteiger partial charge in [-0.05, 0) is 20.8 Å². The van der Waals surface area contributed by atoms with E-state index in [4.69, 9.17) is 8.85 Å². The van der Waals surface area contributed by atoms with Gasteiger partial charge < -0.3 is 8.85 Å². The Morgan fingerprint density at radius 2 is 1.69 bits per heavy atom. The van der Waals surface area contributed by atoms with E-state index in [-0.39, 0.29) is 5.54 Å². The summed E-state index contributed by atoms with van der Waals surface area (Å²) in [4.78, 5) is 0. The van der Waals surface area contributed by atoms with E-state index in [0.29, 0.717) is 5.54 Å². The van der Waals surface area contributed by atoms with Crippen LogP contribution in [0.3, 0.4) is 0 Å². The Labute approximate surface area is 82.3 Å². The van der Waals surface area contributed by atoms with Crippen molar-refractivity contribution >= 4 is 8.72 Å². The van der Waals surface area contributed by atoms with Gasteiger partial charge in [-0.3, -0.25) is 4.57 Å². The van der Waals surface area contributed by atoms with Crippen LogP contribution in [0.1, 0.15) is 27.7 Å². The zero-order valence-corrected chi connectivity index (χ0v) is 10.5. The van der Waals surface area contributed by atoms with Crippen LogP contribution in [0.4, 0.5) is 0 Å². The molecule has 1 atom stereocenters. The van der Waals surface area contributed by atoms with Crippen LogP contribution in [0.5, 0.6) is 0 Å². The molecule has 78 valence electrons. The van der Waals surface area contributed by atoms with Gasteiger partial charge in [-0.15, -0.1) is 0 Å². The molecular weight excluding hydrogens is 182 g/mol. The molecule has 0 bridgehead atoms. The number of hydrogen-bond acceptors (Lipinski definition) is 3. The minimum atomic E-state index is -2.03. The Bertz CT molecular complexity index is 187. The summed E-state index contributed by atoms with van der Waals surface area (Å²) in [6, 6.07) is 0. The molecule has 1 saturated heterocycles. The Morgan fingerprint density at radius 3 is 1.85 bits per heavy atom. The lowest BCUT2D eigenvalue weighted by molar-refractivity contribution is 0.0504. The van der Waals surface area contributed by atoms with E-state index in [9.17, 15) is 0 Å². The quantitative estimate of drug-likeness (QED) is 0.638. The minimum Gasteiger partial charge on any atom is -0.386 e. The second kappa shape index (κ2) is 3.35. The number of nitrogens with zero attached hydrogens (tertiary/aromatic N) is 1. The van der Waals surface area contributed by atoms with Crippen LogP contribution in [-0.4, -0.2) is 39.6 Å². The molecule has 13 heavy (non-hydrogen) atoms. The molecule has 1 aliphatic rings. The van der Waals surface area contributed by atoms with Gasteiger partial charge in [0.25, 0.3) is 0 Å². The monoisotopic (exact) mass is 203 g/mol. The summed E-state index contributed by atoms with van der Waals surface area (Å²) in [7, 11) is 1.51. The van der Waals surface area contributed by atoms with Crippen molar-refractivity contribution in [3.63, 3.8) is 0 Å². The van der Waals surface area contributed by atoms with Crippen molar-refractivity contribution in [2.45, 2.75) is 38.8 Å². The van der Waals surface area contributed by atoms with Crippen LogP contribution in [0.15, 0.2) is 0 Å². The van der Waals surface area contributed by atoms with Gasteiger partial charge in [-0.25, -0.2) is 0 Å². The predicted octanol–water partition coefficient (Wildman–Crippen LogP) is 1.72. The summed E-state index contributed by atoms with van der Waals surface area (Å²) < 4.78 is 13.6. The molecule has 3 nitrogen and oxygen atoms in total. The van der Waals surface area contributed by atoms with Gasteiger partial charge in [-0.2, -0.15) is 0 Å². The van der Waals surface area contributed by atoms with Crippen molar-refractivity contribution in [2.24, 2.45) is 0 Å². The molecule has 0 aromatic rings. The highest BCUT2D eigenvalue weighted by Gasteiger charge is 2.61. The summed E-state index contributed by atoms with van der Waals surface area (Å²) in [5.41, 5.74) is 0.729. The highest BCUT2D eigenvalue weighted by atomic mass is 28.4. The highest BCUT2D eigenvalue weighted by Crippen LogP contribution is 2.42. The highest BCUT2D eigenvalue weighted by molar-refractivity contribution is 6.69. The van der Waals surface area contributed by atoms with Crippen molar-refractivity contribution in [1.82, 2.24) is 4.57 Å². The van der Waals surface area contributed by atoms with Crippen LogP contribution < -0.4 is 0 Å². The molecule has 1 aliphatic heterocycles. The molecule has 0 spiro atoms. The van der Waals surface area contributed by atoms with E-state index in [1.165, 1.54) is 0 Å². The third-order valence-corrected chi connectivity index (χ3v) is 7.05. The lowest BCUT2D eigenvalue weighted by atomic mass is 10.1. The number of rotatable bonds is 2. The fourth-order valence-corrected chi connectivity index (χ4v) is 5.62. The molecule has 0 radical (unpaired) electrons. The van der Waals surface area contributed by atoms with Gasteiger partial charge in [0.15, 0.2) is 0 Å². The van der Waals surface area contributed by atoms with Gasteiger partial charge in [-0.1, -0.05) is 6.92 Å². The zero-order valence-electron chi connectivity index (χ0n) is 9.55. The molecule has 0 aromatic carbocycles. The first-order chi connectivity index (χ1) is 5.88. The molecule has 0 N–H and O–H groups in total. The number of hydrogen-bond donors (Lipinski definition) is 0. The molecule has 0 aromatic heterocycles. The molecule has 0 saturated carbocycles. The molecule has 4 heteroatoms. The van der Waals surface area contributed by atoms with E-state index in [1.54, 1.807) is 14.2 Å². The minimum absolute atomic E-state index is 0.157. The Kier molecular flexibility index (Phi) is 2.88. The SMILES string of the molecule is CO[Si]1(OC)C(C)CN1C(C)(C)C. The standard InChI is InChI=1S/C9H21NO2Si/c1-8-7-10(9(2,3)4)13(8,11-5)12-6/h8H,7H2,1-6H3. The summed E-state index contributed by atoms with van der Waals surface area (Å²) in [5.74, 6) is 0. The second-order valence-electron chi connectivity index (χ2n) is 4.72. The van der Waals surface area contributed by atoms with Gasteiger partial charge in [0.1, 0.15) is 0 Å². The van der Waals surface area contributed by atoms with Crippen LogP contribution in [-0.2, 0) is 8.85 Å². The summed E-state index contributed by atoms with van der Waals surface area (Å²) >= 11 is 0. The maximum Gasteiger partial charge on any atom is 0.431 e. The van der Waals surface area contributed by atoms with Gasteiger partial charge in [0, 0.05) is 31.8 Å². The molecule has 0 amide bonds. The maximum absolute atomic E-state index is 5.62. The molecular formula is C9H21NO2Si. The van der Waals surface area contributed by atoms with Crippen molar-refractivity contribution in [3.05, 3.63) is 0 Å². The third kappa shape index (κ3) is 1.56. The first-order valence-electron chi connectivity index (χ1n) is 4.76. The summed E-state index contributed by atoms with van der Waals surface area (Å²) in [5, 5.41) is 0. The average molecular weight is 203 g/mol. The van der Waals surface area contributed by atoms with Crippen molar-refractivity contribution in [3.8, 4) is 0 Å². The lowest BCUT2D eigenvalue weighted by Crippen LogP contribution is -2.75. The Hall–Kier alpha value is 0.0969. The van der Waals surface area contributed by atoms with Crippen LogP contribution in [0.2, 0.25) is 5.54 Å². The normalized spacial score (nSPS) is 28.6. The van der Waals surface area contributed by atoms with E-state index < -0.39 is 8.72 Å². The Morgan fingerprint density at radius 1 is 1.23 bits per heavy atom. The molecule has 1 heterocycles. The maximum atomic E-state index is 5.62. The molecule has 1 rings (SSSR count). The van der Waals surface area contributed by atoms with Crippen LogP contribution >= 0.6 is 0 Å². The third-order valence-electron chi connectivity index (χ3n) is 2.85. The fraction of sp³-hybridized carbons (Fsp3) is 1.00. The Balaban J connectivity index is 2.81.